The molecule has 1 unspecified atom stereocenters. The van der Waals surface area contributed by atoms with Crippen molar-refractivity contribution in [2.75, 3.05) is 16.5 Å². The van der Waals surface area contributed by atoms with Crippen LogP contribution in [0.5, 0.6) is 0 Å². The van der Waals surface area contributed by atoms with E-state index in [4.69, 9.17) is 5.73 Å². The Kier molecular flexibility index (Phi) is 5.87. The average Bonchev–Trinajstić information content (AvgIpc) is 2.69. The molecular formula is C19H19BrN6O. The number of nitrogens with zero attached hydrogens (tertiary/aromatic N) is 2. The van der Waals surface area contributed by atoms with Crippen molar-refractivity contribution in [2.24, 2.45) is 0 Å². The molecule has 138 valence electrons. The van der Waals surface area contributed by atoms with Crippen molar-refractivity contribution >= 4 is 39.2 Å². The van der Waals surface area contributed by atoms with Crippen LogP contribution in [0.4, 0.5) is 17.3 Å². The molecule has 0 saturated heterocycles. The van der Waals surface area contributed by atoms with Gasteiger partial charge in [0.1, 0.15) is 12.0 Å². The smallest absolute Gasteiger partial charge is 0.270 e. The van der Waals surface area contributed by atoms with Crippen molar-refractivity contribution in [3.63, 3.8) is 0 Å². The lowest BCUT2D eigenvalue weighted by Gasteiger charge is -2.18. The molecule has 3 aromatic rings. The molecule has 8 heteroatoms. The Morgan fingerprint density at radius 3 is 2.44 bits per heavy atom. The molecule has 2 aromatic carbocycles. The van der Waals surface area contributed by atoms with Crippen LogP contribution in [0.15, 0.2) is 65.4 Å². The lowest BCUT2D eigenvalue weighted by molar-refractivity contribution is 0.0961. The Hall–Kier alpha value is -3.13. The molecule has 0 radical (unpaired) electrons. The fraction of sp³-hybridized carbons (Fsp3) is 0.105. The highest BCUT2D eigenvalue weighted by atomic mass is 79.9. The Morgan fingerprint density at radius 1 is 1.04 bits per heavy atom. The second-order valence-electron chi connectivity index (χ2n) is 5.82. The number of benzene rings is 2. The summed E-state index contributed by atoms with van der Waals surface area (Å²) in [6, 6.07) is 17.1. The topological polar surface area (TPSA) is 105 Å². The molecule has 0 aliphatic carbocycles. The van der Waals surface area contributed by atoms with E-state index in [0.29, 0.717) is 27.4 Å². The molecule has 3 rings (SSSR count). The molecule has 0 spiro atoms. The van der Waals surface area contributed by atoms with Crippen LogP contribution >= 0.6 is 15.9 Å². The molecule has 27 heavy (non-hydrogen) atoms. The van der Waals surface area contributed by atoms with Gasteiger partial charge in [-0.1, -0.05) is 42.5 Å². The molecule has 7 nitrogen and oxygen atoms in total. The molecule has 0 fully saturated rings. The summed E-state index contributed by atoms with van der Waals surface area (Å²) in [7, 11) is 0. The molecular weight excluding hydrogens is 408 g/mol. The minimum atomic E-state index is -0.312. The minimum Gasteiger partial charge on any atom is -0.393 e. The van der Waals surface area contributed by atoms with Gasteiger partial charge in [0.15, 0.2) is 11.6 Å². The van der Waals surface area contributed by atoms with Gasteiger partial charge in [-0.05, 0) is 40.5 Å². The molecule has 1 aromatic heterocycles. The number of halogens is 1. The summed E-state index contributed by atoms with van der Waals surface area (Å²) >= 11 is 3.35. The highest BCUT2D eigenvalue weighted by Gasteiger charge is 2.13. The zero-order valence-electron chi connectivity index (χ0n) is 14.6. The molecule has 0 bridgehead atoms. The molecule has 0 aliphatic heterocycles. The number of hydrazine groups is 1. The average molecular weight is 427 g/mol. The molecule has 0 saturated carbocycles. The Morgan fingerprint density at radius 2 is 1.70 bits per heavy atom. The third-order valence-corrected chi connectivity index (χ3v) is 4.64. The summed E-state index contributed by atoms with van der Waals surface area (Å²) in [6.45, 7) is 2.01. The van der Waals surface area contributed by atoms with E-state index < -0.39 is 0 Å². The van der Waals surface area contributed by atoms with Gasteiger partial charge >= 0.3 is 0 Å². The van der Waals surface area contributed by atoms with Crippen molar-refractivity contribution in [3.8, 4) is 0 Å². The van der Waals surface area contributed by atoms with E-state index >= 15 is 0 Å². The largest absolute Gasteiger partial charge is 0.393 e. The van der Waals surface area contributed by atoms with Gasteiger partial charge in [0.25, 0.3) is 5.91 Å². The maximum absolute atomic E-state index is 12.3. The van der Waals surface area contributed by atoms with Crippen molar-refractivity contribution in [1.29, 1.82) is 0 Å². The number of amides is 1. The first-order valence-corrected chi connectivity index (χ1v) is 9.08. The van der Waals surface area contributed by atoms with E-state index in [-0.39, 0.29) is 11.9 Å². The lowest BCUT2D eigenvalue weighted by atomic mass is 10.1. The van der Waals surface area contributed by atoms with Gasteiger partial charge in [0.2, 0.25) is 0 Å². The molecule has 0 aliphatic rings. The first kappa shape index (κ1) is 18.7. The first-order chi connectivity index (χ1) is 13.1. The summed E-state index contributed by atoms with van der Waals surface area (Å²) in [5.74, 6) is 0.486. The third-order valence-electron chi connectivity index (χ3n) is 3.95. The number of anilines is 3. The van der Waals surface area contributed by atoms with Crippen LogP contribution in [0.3, 0.4) is 0 Å². The van der Waals surface area contributed by atoms with E-state index in [1.165, 1.54) is 6.33 Å². The van der Waals surface area contributed by atoms with Crippen molar-refractivity contribution in [2.45, 2.75) is 13.0 Å². The van der Waals surface area contributed by atoms with Crippen molar-refractivity contribution < 1.29 is 4.79 Å². The zero-order valence-corrected chi connectivity index (χ0v) is 16.2. The van der Waals surface area contributed by atoms with Gasteiger partial charge in [-0.2, -0.15) is 0 Å². The number of nitrogen functional groups attached to an aromatic ring is 1. The third kappa shape index (κ3) is 4.53. The zero-order chi connectivity index (χ0) is 19.2. The van der Waals surface area contributed by atoms with Crippen LogP contribution in [0, 0.1) is 0 Å². The van der Waals surface area contributed by atoms with Gasteiger partial charge < -0.3 is 11.1 Å². The van der Waals surface area contributed by atoms with Crippen molar-refractivity contribution in [1.82, 2.24) is 15.4 Å². The van der Waals surface area contributed by atoms with Gasteiger partial charge in [0.05, 0.1) is 11.6 Å². The van der Waals surface area contributed by atoms with E-state index in [9.17, 15) is 4.79 Å². The Balaban J connectivity index is 1.70. The predicted molar refractivity (Wildman–Crippen MR) is 110 cm³/mol. The molecule has 1 atom stereocenters. The number of nitrogens with one attached hydrogen (secondary N) is 3. The summed E-state index contributed by atoms with van der Waals surface area (Å²) in [5.41, 5.74) is 13.4. The predicted octanol–water partition coefficient (Wildman–Crippen LogP) is 3.75. The van der Waals surface area contributed by atoms with Crippen LogP contribution in [0.25, 0.3) is 0 Å². The van der Waals surface area contributed by atoms with E-state index in [0.717, 1.165) is 5.56 Å². The van der Waals surface area contributed by atoms with Crippen molar-refractivity contribution in [3.05, 3.63) is 76.5 Å². The van der Waals surface area contributed by atoms with E-state index in [2.05, 4.69) is 42.1 Å². The van der Waals surface area contributed by atoms with E-state index in [1.54, 1.807) is 18.2 Å². The quantitative estimate of drug-likeness (QED) is 0.447. The second kappa shape index (κ2) is 8.50. The van der Waals surface area contributed by atoms with Gasteiger partial charge in [-0.15, -0.1) is 0 Å². The molecule has 5 N–H and O–H groups in total. The lowest BCUT2D eigenvalue weighted by Crippen LogP contribution is -2.30. The number of hydrogen-bond donors (Lipinski definition) is 4. The second-order valence-corrected chi connectivity index (χ2v) is 6.67. The van der Waals surface area contributed by atoms with Crippen LogP contribution in [-0.4, -0.2) is 15.9 Å². The minimum absolute atomic E-state index is 0.00566. The van der Waals surface area contributed by atoms with Crippen LogP contribution in [0.1, 0.15) is 28.9 Å². The number of hydrogen-bond acceptors (Lipinski definition) is 6. The highest BCUT2D eigenvalue weighted by Crippen LogP contribution is 2.26. The fourth-order valence-electron chi connectivity index (χ4n) is 2.47. The van der Waals surface area contributed by atoms with Crippen LogP contribution < -0.4 is 21.9 Å². The highest BCUT2D eigenvalue weighted by molar-refractivity contribution is 9.10. The van der Waals surface area contributed by atoms with Gasteiger partial charge in [0, 0.05) is 4.47 Å². The maximum atomic E-state index is 12.3. The monoisotopic (exact) mass is 426 g/mol. The number of carbonyl (C=O) groups is 1. The number of aromatic nitrogens is 2. The SMILES string of the molecule is CC(Nc1ncnc(NNC(=O)c2ccccc2Br)c1N)c1ccccc1. The van der Waals surface area contributed by atoms with Gasteiger partial charge in [-0.3, -0.25) is 15.6 Å². The number of nitrogens with two attached hydrogens (primary N) is 1. The number of rotatable bonds is 6. The Labute approximate surface area is 165 Å². The molecule has 1 heterocycles. The standard InChI is InChI=1S/C19H19BrN6O/c1-12(13-7-3-2-4-8-13)24-17-16(21)18(23-11-22-17)25-26-19(27)14-9-5-6-10-15(14)20/h2-12H,21H2,1H3,(H,26,27)(H2,22,23,24,25). The summed E-state index contributed by atoms with van der Waals surface area (Å²) in [5, 5.41) is 3.26. The summed E-state index contributed by atoms with van der Waals surface area (Å²) in [6.07, 6.45) is 1.38. The normalized spacial score (nSPS) is 11.5. The van der Waals surface area contributed by atoms with Crippen LogP contribution in [0.2, 0.25) is 0 Å². The fourth-order valence-corrected chi connectivity index (χ4v) is 2.93. The number of carbonyl (C=O) groups excluding carboxylic acids is 1. The maximum Gasteiger partial charge on any atom is 0.270 e. The van der Waals surface area contributed by atoms with Crippen LogP contribution in [-0.2, 0) is 0 Å². The summed E-state index contributed by atoms with van der Waals surface area (Å²) in [4.78, 5) is 20.6. The summed E-state index contributed by atoms with van der Waals surface area (Å²) < 4.78 is 0.694. The van der Waals surface area contributed by atoms with E-state index in [1.807, 2.05) is 43.3 Å². The molecule has 1 amide bonds. The first-order valence-electron chi connectivity index (χ1n) is 8.29. The Bertz CT molecular complexity index is 934. The van der Waals surface area contributed by atoms with Gasteiger partial charge in [-0.25, -0.2) is 9.97 Å².